The number of ether oxygens (including phenoxy) is 1. The lowest BCUT2D eigenvalue weighted by Gasteiger charge is -2.18. The van der Waals surface area contributed by atoms with Crippen molar-refractivity contribution in [3.05, 3.63) is 66.0 Å². The number of benzene rings is 2. The largest absolute Gasteiger partial charge is 0.491 e. The standard InChI is InChI=1S/C21H24N4O2S/c1-16-8-10-18(11-9-16)25-15-22-23-21(25)28-14-20(26)24(3)12-13-27-19-7-5-4-6-17(19)2/h4-11,15H,12-14H2,1-3H3. The summed E-state index contributed by atoms with van der Waals surface area (Å²) in [6, 6.07) is 16.0. The van der Waals surface area contributed by atoms with Crippen molar-refractivity contribution < 1.29 is 9.53 Å². The van der Waals surface area contributed by atoms with Gasteiger partial charge in [-0.25, -0.2) is 0 Å². The van der Waals surface area contributed by atoms with Gasteiger partial charge in [-0.1, -0.05) is 47.7 Å². The molecule has 6 nitrogen and oxygen atoms in total. The van der Waals surface area contributed by atoms with Gasteiger partial charge < -0.3 is 9.64 Å². The number of aryl methyl sites for hydroxylation is 2. The first-order chi connectivity index (χ1) is 13.5. The fraction of sp³-hybridized carbons (Fsp3) is 0.286. The molecule has 3 aromatic rings. The first-order valence-electron chi connectivity index (χ1n) is 9.07. The van der Waals surface area contributed by atoms with Crippen LogP contribution in [0.4, 0.5) is 0 Å². The molecule has 146 valence electrons. The van der Waals surface area contributed by atoms with Crippen LogP contribution in [0, 0.1) is 13.8 Å². The molecule has 1 aromatic heterocycles. The minimum Gasteiger partial charge on any atom is -0.491 e. The predicted molar refractivity (Wildman–Crippen MR) is 111 cm³/mol. The lowest BCUT2D eigenvalue weighted by molar-refractivity contribution is -0.127. The number of para-hydroxylation sites is 1. The Balaban J connectivity index is 1.49. The maximum absolute atomic E-state index is 12.4. The van der Waals surface area contributed by atoms with Gasteiger partial charge in [-0.2, -0.15) is 0 Å². The lowest BCUT2D eigenvalue weighted by atomic mass is 10.2. The number of carbonyl (C=O) groups excluding carboxylic acids is 1. The highest BCUT2D eigenvalue weighted by atomic mass is 32.2. The zero-order chi connectivity index (χ0) is 19.9. The number of thioether (sulfide) groups is 1. The van der Waals surface area contributed by atoms with Crippen molar-refractivity contribution in [1.29, 1.82) is 0 Å². The quantitative estimate of drug-likeness (QED) is 0.545. The second kappa shape index (κ2) is 9.41. The summed E-state index contributed by atoms with van der Waals surface area (Å²) in [5.74, 6) is 1.17. The van der Waals surface area contributed by atoms with Gasteiger partial charge >= 0.3 is 0 Å². The number of likely N-dealkylation sites (N-methyl/N-ethyl adjacent to an activating group) is 1. The van der Waals surface area contributed by atoms with Crippen molar-refractivity contribution in [2.45, 2.75) is 19.0 Å². The molecule has 0 atom stereocenters. The van der Waals surface area contributed by atoms with Gasteiger partial charge in [0, 0.05) is 12.7 Å². The van der Waals surface area contributed by atoms with E-state index in [9.17, 15) is 4.79 Å². The fourth-order valence-corrected chi connectivity index (χ4v) is 3.45. The Morgan fingerprint density at radius 1 is 1.14 bits per heavy atom. The van der Waals surface area contributed by atoms with Gasteiger partial charge in [0.1, 0.15) is 18.7 Å². The number of carbonyl (C=O) groups is 1. The Labute approximate surface area is 169 Å². The van der Waals surface area contributed by atoms with E-state index in [1.807, 2.05) is 66.9 Å². The van der Waals surface area contributed by atoms with Gasteiger partial charge in [-0.15, -0.1) is 10.2 Å². The van der Waals surface area contributed by atoms with Gasteiger partial charge in [0.2, 0.25) is 5.91 Å². The van der Waals surface area contributed by atoms with Crippen molar-refractivity contribution >= 4 is 17.7 Å². The summed E-state index contributed by atoms with van der Waals surface area (Å²) in [6.45, 7) is 5.03. The number of hydrogen-bond donors (Lipinski definition) is 0. The van der Waals surface area contributed by atoms with Gasteiger partial charge in [-0.05, 0) is 37.6 Å². The van der Waals surface area contributed by atoms with E-state index in [-0.39, 0.29) is 5.91 Å². The van der Waals surface area contributed by atoms with Gasteiger partial charge in [0.25, 0.3) is 0 Å². The molecule has 1 heterocycles. The monoisotopic (exact) mass is 396 g/mol. The zero-order valence-corrected chi connectivity index (χ0v) is 17.1. The smallest absolute Gasteiger partial charge is 0.232 e. The van der Waals surface area contributed by atoms with E-state index in [1.165, 1.54) is 17.3 Å². The number of rotatable bonds is 8. The molecule has 1 amide bonds. The molecular weight excluding hydrogens is 372 g/mol. The molecule has 0 spiro atoms. The van der Waals surface area contributed by atoms with Crippen molar-refractivity contribution in [2.75, 3.05) is 26.0 Å². The highest BCUT2D eigenvalue weighted by Crippen LogP contribution is 2.20. The first kappa shape index (κ1) is 19.9. The summed E-state index contributed by atoms with van der Waals surface area (Å²) in [4.78, 5) is 14.1. The molecule has 0 bridgehead atoms. The predicted octanol–water partition coefficient (Wildman–Crippen LogP) is 3.51. The van der Waals surface area contributed by atoms with Crippen LogP contribution in [0.15, 0.2) is 60.0 Å². The van der Waals surface area contributed by atoms with Crippen LogP contribution in [0.5, 0.6) is 5.75 Å². The Kier molecular flexibility index (Phi) is 6.71. The van der Waals surface area contributed by atoms with Crippen LogP contribution in [0.1, 0.15) is 11.1 Å². The van der Waals surface area contributed by atoms with Crippen LogP contribution in [0.2, 0.25) is 0 Å². The first-order valence-corrected chi connectivity index (χ1v) is 10.1. The minimum atomic E-state index is 0.0249. The van der Waals surface area contributed by atoms with E-state index in [0.29, 0.717) is 24.1 Å². The van der Waals surface area contributed by atoms with Crippen molar-refractivity contribution in [3.8, 4) is 11.4 Å². The van der Waals surface area contributed by atoms with E-state index in [4.69, 9.17) is 4.74 Å². The average molecular weight is 397 g/mol. The molecule has 0 radical (unpaired) electrons. The van der Waals surface area contributed by atoms with E-state index < -0.39 is 0 Å². The Morgan fingerprint density at radius 3 is 2.64 bits per heavy atom. The molecule has 0 aliphatic heterocycles. The molecule has 0 aliphatic carbocycles. The molecule has 28 heavy (non-hydrogen) atoms. The van der Waals surface area contributed by atoms with Gasteiger partial charge in [-0.3, -0.25) is 9.36 Å². The molecule has 0 fully saturated rings. The maximum atomic E-state index is 12.4. The Hall–Kier alpha value is -2.80. The fourth-order valence-electron chi connectivity index (χ4n) is 2.58. The van der Waals surface area contributed by atoms with Crippen LogP contribution in [-0.2, 0) is 4.79 Å². The summed E-state index contributed by atoms with van der Waals surface area (Å²) in [6.07, 6.45) is 1.66. The number of aromatic nitrogens is 3. The topological polar surface area (TPSA) is 60.2 Å². The third kappa shape index (κ3) is 5.13. The third-order valence-corrected chi connectivity index (χ3v) is 5.28. The molecule has 0 aliphatic rings. The van der Waals surface area contributed by atoms with Crippen LogP contribution < -0.4 is 4.74 Å². The van der Waals surface area contributed by atoms with E-state index in [2.05, 4.69) is 10.2 Å². The molecule has 7 heteroatoms. The molecule has 0 saturated heterocycles. The van der Waals surface area contributed by atoms with Crippen LogP contribution in [0.25, 0.3) is 5.69 Å². The molecular formula is C21H24N4O2S. The lowest BCUT2D eigenvalue weighted by Crippen LogP contribution is -2.32. The van der Waals surface area contributed by atoms with Gasteiger partial charge in [0.15, 0.2) is 5.16 Å². The van der Waals surface area contributed by atoms with Crippen molar-refractivity contribution in [2.24, 2.45) is 0 Å². The number of nitrogens with zero attached hydrogens (tertiary/aromatic N) is 4. The molecule has 0 unspecified atom stereocenters. The van der Waals surface area contributed by atoms with Gasteiger partial charge in [0.05, 0.1) is 12.3 Å². The Morgan fingerprint density at radius 2 is 1.89 bits per heavy atom. The van der Waals surface area contributed by atoms with Crippen LogP contribution in [-0.4, -0.2) is 51.5 Å². The third-order valence-electron chi connectivity index (χ3n) is 4.36. The summed E-state index contributed by atoms with van der Waals surface area (Å²) >= 11 is 1.38. The highest BCUT2D eigenvalue weighted by Gasteiger charge is 2.13. The van der Waals surface area contributed by atoms with E-state index >= 15 is 0 Å². The zero-order valence-electron chi connectivity index (χ0n) is 16.3. The summed E-state index contributed by atoms with van der Waals surface area (Å²) in [5.41, 5.74) is 3.25. The van der Waals surface area contributed by atoms with E-state index in [1.54, 1.807) is 18.3 Å². The number of hydrogen-bond acceptors (Lipinski definition) is 5. The summed E-state index contributed by atoms with van der Waals surface area (Å²) in [7, 11) is 1.79. The highest BCUT2D eigenvalue weighted by molar-refractivity contribution is 7.99. The normalized spacial score (nSPS) is 10.7. The van der Waals surface area contributed by atoms with Crippen LogP contribution in [0.3, 0.4) is 0 Å². The van der Waals surface area contributed by atoms with E-state index in [0.717, 1.165) is 17.0 Å². The van der Waals surface area contributed by atoms with Crippen LogP contribution >= 0.6 is 11.8 Å². The molecule has 0 saturated carbocycles. The number of amides is 1. The second-order valence-electron chi connectivity index (χ2n) is 6.54. The van der Waals surface area contributed by atoms with Crippen molar-refractivity contribution in [3.63, 3.8) is 0 Å². The van der Waals surface area contributed by atoms with Crippen molar-refractivity contribution in [1.82, 2.24) is 19.7 Å². The molecule has 2 aromatic carbocycles. The summed E-state index contributed by atoms with van der Waals surface area (Å²) in [5, 5.41) is 8.82. The average Bonchev–Trinajstić information content (AvgIpc) is 3.16. The minimum absolute atomic E-state index is 0.0249. The maximum Gasteiger partial charge on any atom is 0.232 e. The summed E-state index contributed by atoms with van der Waals surface area (Å²) < 4.78 is 7.65. The molecule has 0 N–H and O–H groups in total. The Bertz CT molecular complexity index is 924. The second-order valence-corrected chi connectivity index (χ2v) is 7.48. The SMILES string of the molecule is Cc1ccc(-n2cnnc2SCC(=O)N(C)CCOc2ccccc2C)cc1. The molecule has 3 rings (SSSR count).